The van der Waals surface area contributed by atoms with Crippen LogP contribution in [0.5, 0.6) is 5.75 Å². The summed E-state index contributed by atoms with van der Waals surface area (Å²) in [7, 11) is 0. The molecule has 1 unspecified atom stereocenters. The second-order valence-corrected chi connectivity index (χ2v) is 6.41. The molecule has 1 aliphatic rings. The molecule has 4 rings (SSSR count). The maximum absolute atomic E-state index is 12.8. The summed E-state index contributed by atoms with van der Waals surface area (Å²) in [5, 5.41) is 7.20. The number of amides is 1. The average molecular weight is 353 g/mol. The van der Waals surface area contributed by atoms with Crippen molar-refractivity contribution in [2.75, 3.05) is 11.9 Å². The van der Waals surface area contributed by atoms with E-state index in [1.165, 1.54) is 0 Å². The Morgan fingerprint density at radius 3 is 2.96 bits per heavy atom. The number of nitrogens with one attached hydrogen (secondary N) is 1. The minimum atomic E-state index is -0.269. The number of carbonyl (C=O) groups excluding carboxylic acids is 2. The van der Waals surface area contributed by atoms with E-state index in [0.717, 1.165) is 17.5 Å². The van der Waals surface area contributed by atoms with Gasteiger partial charge in [-0.2, -0.15) is 5.10 Å². The van der Waals surface area contributed by atoms with Crippen molar-refractivity contribution < 1.29 is 14.3 Å². The normalized spacial score (nSPS) is 15.7. The molecular formula is C18H19N5O3. The Bertz CT molecular complexity index is 1030. The number of nitrogens with zero attached hydrogens (tertiary/aromatic N) is 4. The molecule has 0 aliphatic carbocycles. The van der Waals surface area contributed by atoms with E-state index >= 15 is 0 Å². The lowest BCUT2D eigenvalue weighted by Crippen LogP contribution is -2.24. The minimum Gasteiger partial charge on any atom is -0.489 e. The van der Waals surface area contributed by atoms with Crippen LogP contribution < -0.4 is 10.1 Å². The van der Waals surface area contributed by atoms with Gasteiger partial charge in [-0.1, -0.05) is 0 Å². The fourth-order valence-corrected chi connectivity index (χ4v) is 3.33. The molecular weight excluding hydrogens is 334 g/mol. The van der Waals surface area contributed by atoms with Crippen molar-refractivity contribution in [3.8, 4) is 5.75 Å². The molecule has 8 nitrogen and oxygen atoms in total. The van der Waals surface area contributed by atoms with Crippen molar-refractivity contribution >= 4 is 29.2 Å². The number of imidazole rings is 1. The highest BCUT2D eigenvalue weighted by Gasteiger charge is 2.26. The number of rotatable bonds is 4. The molecule has 1 atom stereocenters. The number of aromatic nitrogens is 4. The number of carbonyl (C=O) groups is 2. The molecule has 1 N–H and O–H groups in total. The molecule has 3 heterocycles. The molecule has 0 saturated carbocycles. The Morgan fingerprint density at radius 2 is 2.23 bits per heavy atom. The van der Waals surface area contributed by atoms with Crippen molar-refractivity contribution in [3.05, 3.63) is 35.2 Å². The highest BCUT2D eigenvalue weighted by molar-refractivity contribution is 6.03. The number of hydrogen-bond donors (Lipinski definition) is 1. The third-order valence-corrected chi connectivity index (χ3v) is 4.49. The molecule has 1 amide bonds. The Kier molecular flexibility index (Phi) is 3.75. The molecule has 26 heavy (non-hydrogen) atoms. The van der Waals surface area contributed by atoms with Crippen LogP contribution >= 0.6 is 0 Å². The predicted octanol–water partition coefficient (Wildman–Crippen LogP) is 2.58. The van der Waals surface area contributed by atoms with E-state index in [1.807, 2.05) is 25.3 Å². The molecule has 0 bridgehead atoms. The lowest BCUT2D eigenvalue weighted by Gasteiger charge is -2.24. The molecule has 1 aliphatic heterocycles. The molecule has 2 aromatic heterocycles. The summed E-state index contributed by atoms with van der Waals surface area (Å²) >= 11 is 0. The van der Waals surface area contributed by atoms with Gasteiger partial charge in [-0.3, -0.25) is 19.6 Å². The first kappa shape index (κ1) is 16.3. The van der Waals surface area contributed by atoms with E-state index in [9.17, 15) is 9.59 Å². The van der Waals surface area contributed by atoms with E-state index in [-0.39, 0.29) is 11.9 Å². The van der Waals surface area contributed by atoms with Crippen LogP contribution in [0.4, 0.5) is 5.95 Å². The smallest absolute Gasteiger partial charge is 0.276 e. The van der Waals surface area contributed by atoms with Crippen molar-refractivity contribution in [1.82, 2.24) is 19.3 Å². The van der Waals surface area contributed by atoms with Crippen molar-refractivity contribution in [2.24, 2.45) is 0 Å². The Morgan fingerprint density at radius 1 is 1.42 bits per heavy atom. The van der Waals surface area contributed by atoms with Gasteiger partial charge >= 0.3 is 0 Å². The van der Waals surface area contributed by atoms with Gasteiger partial charge in [-0.15, -0.1) is 0 Å². The predicted molar refractivity (Wildman–Crippen MR) is 95.9 cm³/mol. The molecule has 134 valence electrons. The second-order valence-electron chi connectivity index (χ2n) is 6.41. The van der Waals surface area contributed by atoms with Crippen molar-refractivity contribution in [3.63, 3.8) is 0 Å². The van der Waals surface area contributed by atoms with Crippen LogP contribution in [-0.2, 0) is 6.54 Å². The zero-order valence-electron chi connectivity index (χ0n) is 14.8. The zero-order valence-corrected chi connectivity index (χ0v) is 14.8. The molecule has 0 fully saturated rings. The topological polar surface area (TPSA) is 91.0 Å². The quantitative estimate of drug-likeness (QED) is 0.728. The van der Waals surface area contributed by atoms with Crippen molar-refractivity contribution in [1.29, 1.82) is 0 Å². The summed E-state index contributed by atoms with van der Waals surface area (Å²) in [5.41, 5.74) is 3.16. The Balaban J connectivity index is 1.80. The SMILES string of the molecule is CCn1nc(C)cc1C(=O)Nc1nc2cc(C=O)cc3c2n1C(C)CO3. The van der Waals surface area contributed by atoms with Crippen LogP contribution in [0.2, 0.25) is 0 Å². The summed E-state index contributed by atoms with van der Waals surface area (Å²) in [5.74, 6) is 0.770. The standard InChI is InChI=1S/C18H19N5O3/c1-4-22-14(5-10(2)21-22)17(25)20-18-19-13-6-12(8-24)7-15-16(13)23(18)11(3)9-26-15/h5-8,11H,4,9H2,1-3H3,(H,19,20,25). The zero-order chi connectivity index (χ0) is 18.4. The summed E-state index contributed by atoms with van der Waals surface area (Å²) in [6.45, 7) is 6.82. The van der Waals surface area contributed by atoms with Crippen LogP contribution in [-0.4, -0.2) is 38.1 Å². The number of aldehydes is 1. The summed E-state index contributed by atoms with van der Waals surface area (Å²) in [6, 6.07) is 5.14. The van der Waals surface area contributed by atoms with Gasteiger partial charge in [-0.25, -0.2) is 4.98 Å². The van der Waals surface area contributed by atoms with E-state index in [0.29, 0.717) is 41.6 Å². The fraction of sp³-hybridized carbons (Fsp3) is 0.333. The Labute approximate surface area is 149 Å². The lowest BCUT2D eigenvalue weighted by atomic mass is 10.1. The molecule has 8 heteroatoms. The maximum Gasteiger partial charge on any atom is 0.276 e. The van der Waals surface area contributed by atoms with Crippen molar-refractivity contribution in [2.45, 2.75) is 33.4 Å². The summed E-state index contributed by atoms with van der Waals surface area (Å²) in [4.78, 5) is 28.5. The first-order chi connectivity index (χ1) is 12.5. The Hall–Kier alpha value is -3.16. The number of hydrogen-bond acceptors (Lipinski definition) is 5. The van der Waals surface area contributed by atoms with Gasteiger partial charge in [0.15, 0.2) is 0 Å². The van der Waals surface area contributed by atoms with Crippen LogP contribution in [0.25, 0.3) is 11.0 Å². The third-order valence-electron chi connectivity index (χ3n) is 4.49. The lowest BCUT2D eigenvalue weighted by molar-refractivity contribution is 0.101. The molecule has 0 radical (unpaired) electrons. The number of ether oxygens (including phenoxy) is 1. The summed E-state index contributed by atoms with van der Waals surface area (Å²) in [6.07, 6.45) is 0.761. The van der Waals surface area contributed by atoms with Crippen LogP contribution in [0.15, 0.2) is 18.2 Å². The highest BCUT2D eigenvalue weighted by atomic mass is 16.5. The number of anilines is 1. The maximum atomic E-state index is 12.8. The van der Waals surface area contributed by atoms with E-state index < -0.39 is 0 Å². The third kappa shape index (κ3) is 2.45. The van der Waals surface area contributed by atoms with E-state index in [2.05, 4.69) is 15.4 Å². The van der Waals surface area contributed by atoms with E-state index in [4.69, 9.17) is 4.74 Å². The van der Waals surface area contributed by atoms with Crippen LogP contribution in [0, 0.1) is 6.92 Å². The minimum absolute atomic E-state index is 0.00250. The fourth-order valence-electron chi connectivity index (χ4n) is 3.33. The van der Waals surface area contributed by atoms with Gasteiger partial charge in [0.1, 0.15) is 29.9 Å². The van der Waals surface area contributed by atoms with Gasteiger partial charge in [0.05, 0.1) is 17.3 Å². The molecule has 0 spiro atoms. The van der Waals surface area contributed by atoms with Gasteiger partial charge in [-0.05, 0) is 39.0 Å². The van der Waals surface area contributed by atoms with Gasteiger partial charge in [0.25, 0.3) is 5.91 Å². The molecule has 3 aromatic rings. The summed E-state index contributed by atoms with van der Waals surface area (Å²) < 4.78 is 9.35. The average Bonchev–Trinajstić information content (AvgIpc) is 3.19. The van der Waals surface area contributed by atoms with Gasteiger partial charge in [0, 0.05) is 12.1 Å². The molecule has 0 saturated heterocycles. The van der Waals surface area contributed by atoms with Gasteiger partial charge < -0.3 is 9.30 Å². The second kappa shape index (κ2) is 5.98. The monoisotopic (exact) mass is 353 g/mol. The van der Waals surface area contributed by atoms with Crippen LogP contribution in [0.3, 0.4) is 0 Å². The number of aryl methyl sites for hydroxylation is 2. The number of benzene rings is 1. The van der Waals surface area contributed by atoms with Crippen LogP contribution in [0.1, 0.15) is 46.4 Å². The first-order valence-corrected chi connectivity index (χ1v) is 8.51. The van der Waals surface area contributed by atoms with E-state index in [1.54, 1.807) is 22.9 Å². The largest absolute Gasteiger partial charge is 0.489 e. The van der Waals surface area contributed by atoms with Gasteiger partial charge in [0.2, 0.25) is 5.95 Å². The highest BCUT2D eigenvalue weighted by Crippen LogP contribution is 2.36. The first-order valence-electron chi connectivity index (χ1n) is 8.51. The molecule has 1 aromatic carbocycles.